The molecule has 0 aromatic rings. The average Bonchev–Trinajstić information content (AvgIpc) is 2.51. The van der Waals surface area contributed by atoms with Gasteiger partial charge in [-0.2, -0.15) is 0 Å². The minimum atomic E-state index is -3.34. The predicted octanol–water partition coefficient (Wildman–Crippen LogP) is 0.282. The number of aliphatic carboxylic acids is 4. The molecule has 10 nitrogen and oxygen atoms in total. The van der Waals surface area contributed by atoms with Gasteiger partial charge in [0.15, 0.2) is 11.6 Å². The maximum absolute atomic E-state index is 13.4. The lowest BCUT2D eigenvalue weighted by atomic mass is 9.32. The van der Waals surface area contributed by atoms with Gasteiger partial charge < -0.3 is 20.4 Å². The zero-order valence-corrected chi connectivity index (χ0v) is 15.2. The number of ketones is 2. The van der Waals surface area contributed by atoms with Gasteiger partial charge in [0.05, 0.1) is 5.41 Å². The lowest BCUT2D eigenvalue weighted by Gasteiger charge is -2.63. The molecule has 2 rings (SSSR count). The molecule has 2 aliphatic rings. The van der Waals surface area contributed by atoms with E-state index in [1.807, 2.05) is 0 Å². The Morgan fingerprint density at radius 2 is 1.19 bits per heavy atom. The van der Waals surface area contributed by atoms with E-state index in [0.717, 1.165) is 27.7 Å². The van der Waals surface area contributed by atoms with Crippen molar-refractivity contribution in [1.29, 1.82) is 0 Å². The third-order valence-corrected chi connectivity index (χ3v) is 7.25. The Hall–Kier alpha value is -2.78. The van der Waals surface area contributed by atoms with Crippen molar-refractivity contribution in [3.63, 3.8) is 0 Å². The first-order chi connectivity index (χ1) is 12.0. The molecule has 2 bridgehead atoms. The van der Waals surface area contributed by atoms with Crippen molar-refractivity contribution < 1.29 is 49.2 Å². The van der Waals surface area contributed by atoms with Gasteiger partial charge in [-0.1, -0.05) is 13.8 Å². The molecule has 4 unspecified atom stereocenters. The van der Waals surface area contributed by atoms with Crippen molar-refractivity contribution >= 4 is 35.4 Å². The van der Waals surface area contributed by atoms with Crippen LogP contribution < -0.4 is 0 Å². The Kier molecular flexibility index (Phi) is 3.91. The summed E-state index contributed by atoms with van der Waals surface area (Å²) in [4.78, 5) is 75.1. The van der Waals surface area contributed by atoms with Gasteiger partial charge >= 0.3 is 23.9 Å². The molecular formula is C17H20O10. The zero-order chi connectivity index (χ0) is 21.4. The Bertz CT molecular complexity index is 816. The first kappa shape index (κ1) is 20.5. The van der Waals surface area contributed by atoms with Gasteiger partial charge in [-0.05, 0) is 26.7 Å². The molecule has 0 aromatic carbocycles. The fourth-order valence-electron chi connectivity index (χ4n) is 4.88. The summed E-state index contributed by atoms with van der Waals surface area (Å²) in [5.41, 5.74) is -13.0. The summed E-state index contributed by atoms with van der Waals surface area (Å²) in [6.07, 6.45) is -1.21. The van der Waals surface area contributed by atoms with Crippen LogP contribution in [0.2, 0.25) is 0 Å². The van der Waals surface area contributed by atoms with Crippen LogP contribution in [0.1, 0.15) is 40.5 Å². The molecule has 0 spiro atoms. The van der Waals surface area contributed by atoms with E-state index in [-0.39, 0.29) is 0 Å². The zero-order valence-electron chi connectivity index (χ0n) is 15.2. The van der Waals surface area contributed by atoms with Crippen LogP contribution in [0, 0.1) is 27.1 Å². The van der Waals surface area contributed by atoms with E-state index >= 15 is 0 Å². The van der Waals surface area contributed by atoms with Crippen LogP contribution in [0.3, 0.4) is 0 Å². The molecule has 2 fully saturated rings. The molecule has 0 heterocycles. The number of carbonyl (C=O) groups excluding carboxylic acids is 2. The highest BCUT2D eigenvalue weighted by atomic mass is 16.4. The highest BCUT2D eigenvalue weighted by molar-refractivity contribution is 6.35. The number of hydrogen-bond donors (Lipinski definition) is 4. The molecule has 148 valence electrons. The van der Waals surface area contributed by atoms with Crippen LogP contribution in [0.25, 0.3) is 0 Å². The molecule has 2 aliphatic carbocycles. The number of carboxylic acid groups (broad SMARTS) is 4. The molecule has 27 heavy (non-hydrogen) atoms. The summed E-state index contributed by atoms with van der Waals surface area (Å²) >= 11 is 0. The summed E-state index contributed by atoms with van der Waals surface area (Å²) in [7, 11) is 0. The number of Topliss-reactive ketones (excluding diaryl/α,β-unsaturated/α-hetero) is 2. The molecule has 0 aliphatic heterocycles. The largest absolute Gasteiger partial charge is 0.481 e. The van der Waals surface area contributed by atoms with Gasteiger partial charge in [-0.15, -0.1) is 0 Å². The maximum atomic E-state index is 13.4. The van der Waals surface area contributed by atoms with Gasteiger partial charge in [-0.3, -0.25) is 28.8 Å². The van der Waals surface area contributed by atoms with E-state index in [1.165, 1.54) is 0 Å². The Morgan fingerprint density at radius 3 is 1.52 bits per heavy atom. The summed E-state index contributed by atoms with van der Waals surface area (Å²) in [6, 6.07) is 0. The second kappa shape index (κ2) is 5.14. The van der Waals surface area contributed by atoms with Crippen LogP contribution in [-0.4, -0.2) is 55.9 Å². The molecule has 4 N–H and O–H groups in total. The lowest BCUT2D eigenvalue weighted by Crippen LogP contribution is -2.80. The van der Waals surface area contributed by atoms with Crippen molar-refractivity contribution in [2.45, 2.75) is 40.5 Å². The monoisotopic (exact) mass is 384 g/mol. The molecule has 2 saturated carbocycles. The minimum Gasteiger partial charge on any atom is -0.481 e. The number of hydrogen-bond acceptors (Lipinski definition) is 6. The maximum Gasteiger partial charge on any atom is 0.326 e. The molecular weight excluding hydrogens is 364 g/mol. The molecule has 10 heteroatoms. The van der Waals surface area contributed by atoms with Crippen LogP contribution in [-0.2, 0) is 28.8 Å². The Morgan fingerprint density at radius 1 is 0.704 bits per heavy atom. The number of rotatable bonds is 4. The third kappa shape index (κ3) is 1.67. The summed E-state index contributed by atoms with van der Waals surface area (Å²) < 4.78 is 0. The van der Waals surface area contributed by atoms with Gasteiger partial charge in [0.25, 0.3) is 0 Å². The molecule has 0 amide bonds. The summed E-state index contributed by atoms with van der Waals surface area (Å²) in [6.45, 7) is 3.94. The fourth-order valence-corrected chi connectivity index (χ4v) is 4.88. The number of fused-ring (bicyclic) bond motifs is 2. The van der Waals surface area contributed by atoms with E-state index in [9.17, 15) is 49.2 Å². The Labute approximate surface area is 153 Å². The normalized spacial score (nSPS) is 40.3. The van der Waals surface area contributed by atoms with Crippen molar-refractivity contribution in [2.75, 3.05) is 0 Å². The van der Waals surface area contributed by atoms with E-state index in [4.69, 9.17) is 0 Å². The minimum absolute atomic E-state index is 0.600. The third-order valence-electron chi connectivity index (χ3n) is 7.25. The SMILES string of the molecule is CC1(C(=O)O)CCC2(C(=O)O)C(=O)C1(C(=O)O)C(=O)C(C)(C(=O)O)C2(C)C. The highest BCUT2D eigenvalue weighted by Crippen LogP contribution is 2.70. The lowest BCUT2D eigenvalue weighted by molar-refractivity contribution is -0.222. The van der Waals surface area contributed by atoms with Gasteiger partial charge in [0.2, 0.25) is 5.41 Å². The first-order valence-corrected chi connectivity index (χ1v) is 8.08. The predicted molar refractivity (Wildman–Crippen MR) is 84.7 cm³/mol. The summed E-state index contributed by atoms with van der Waals surface area (Å²) in [5.74, 6) is -10.8. The molecule has 0 saturated heterocycles. The second-order valence-electron chi connectivity index (χ2n) is 8.12. The van der Waals surface area contributed by atoms with Crippen molar-refractivity contribution in [2.24, 2.45) is 27.1 Å². The van der Waals surface area contributed by atoms with Crippen LogP contribution in [0.4, 0.5) is 0 Å². The van der Waals surface area contributed by atoms with E-state index < -0.39 is 75.4 Å². The van der Waals surface area contributed by atoms with Gasteiger partial charge in [0, 0.05) is 5.41 Å². The highest BCUT2D eigenvalue weighted by Gasteiger charge is 2.87. The van der Waals surface area contributed by atoms with Gasteiger partial charge in [-0.25, -0.2) is 0 Å². The van der Waals surface area contributed by atoms with E-state index in [2.05, 4.69) is 0 Å². The number of carbonyl (C=O) groups is 6. The topological polar surface area (TPSA) is 183 Å². The smallest absolute Gasteiger partial charge is 0.326 e. The van der Waals surface area contributed by atoms with E-state index in [1.54, 1.807) is 0 Å². The second-order valence-corrected chi connectivity index (χ2v) is 8.12. The molecule has 0 aromatic heterocycles. The van der Waals surface area contributed by atoms with Crippen molar-refractivity contribution in [1.82, 2.24) is 0 Å². The fraction of sp³-hybridized carbons (Fsp3) is 0.647. The average molecular weight is 384 g/mol. The van der Waals surface area contributed by atoms with E-state index in [0.29, 0.717) is 0 Å². The number of carboxylic acids is 4. The van der Waals surface area contributed by atoms with Crippen LogP contribution in [0.15, 0.2) is 0 Å². The van der Waals surface area contributed by atoms with Crippen molar-refractivity contribution in [3.05, 3.63) is 0 Å². The molecule has 4 atom stereocenters. The molecule has 0 radical (unpaired) electrons. The summed E-state index contributed by atoms with van der Waals surface area (Å²) in [5, 5.41) is 39.2. The quantitative estimate of drug-likeness (QED) is 0.491. The van der Waals surface area contributed by atoms with Gasteiger partial charge in [0.1, 0.15) is 10.8 Å². The van der Waals surface area contributed by atoms with Crippen LogP contribution >= 0.6 is 0 Å². The van der Waals surface area contributed by atoms with Crippen LogP contribution in [0.5, 0.6) is 0 Å². The standard InChI is InChI=1S/C17H20O10/c1-13(2)15(4,10(22)23)7(18)17(12(26)27)8(19)16(13,11(24)25)6-5-14(17,3)9(20)21/h5-6H2,1-4H3,(H,20,21)(H,22,23)(H,24,25)(H,26,27). The van der Waals surface area contributed by atoms with Crippen molar-refractivity contribution in [3.8, 4) is 0 Å². The first-order valence-electron chi connectivity index (χ1n) is 8.08. The Balaban J connectivity index is 3.15.